The smallest absolute Gasteiger partial charge is 0.370 e. The fraction of sp³-hybridized carbons (Fsp3) is 0.482. The normalized spacial score (nSPS) is 9.95. The summed E-state index contributed by atoms with van der Waals surface area (Å²) in [6.45, 7) is 28.9. The van der Waals surface area contributed by atoms with Gasteiger partial charge in [0.1, 0.15) is 26.4 Å². The average molecular weight is 1220 g/mol. The first-order valence-corrected chi connectivity index (χ1v) is 26.6. The van der Waals surface area contributed by atoms with Gasteiger partial charge < -0.3 is 52.3 Å². The lowest BCUT2D eigenvalue weighted by molar-refractivity contribution is -0.145. The molecule has 0 unspecified atom stereocenters. The van der Waals surface area contributed by atoms with Crippen molar-refractivity contribution >= 4 is 41.8 Å². The Balaban J connectivity index is 0. The first-order chi connectivity index (χ1) is 41.4. The van der Waals surface area contributed by atoms with E-state index in [2.05, 4.69) is 65.8 Å². The highest BCUT2D eigenvalue weighted by atomic mass is 16.8. The molecule has 2 heterocycles. The van der Waals surface area contributed by atoms with Gasteiger partial charge in [-0.3, -0.25) is 14.4 Å². The zero-order chi connectivity index (χ0) is 65.1. The Bertz CT molecular complexity index is 2780. The highest BCUT2D eigenvalue weighted by Gasteiger charge is 2.20. The molecule has 30 nitrogen and oxygen atoms in total. The van der Waals surface area contributed by atoms with E-state index in [1.165, 1.54) is 12.2 Å². The molecule has 0 fully saturated rings. The number of hydrogen-bond acceptors (Lipinski definition) is 24. The largest absolute Gasteiger partial charge is 0.464 e. The van der Waals surface area contributed by atoms with Crippen LogP contribution in [0.5, 0.6) is 0 Å². The molecular formula is C56H80N6O24. The minimum atomic E-state index is -1.12. The summed E-state index contributed by atoms with van der Waals surface area (Å²) in [6.07, 6.45) is 12.0. The molecule has 0 aliphatic heterocycles. The average Bonchev–Trinajstić information content (AvgIpc) is 1.17. The summed E-state index contributed by atoms with van der Waals surface area (Å²) in [5.74, 6) is -4.04. The van der Waals surface area contributed by atoms with Crippen LogP contribution >= 0.6 is 0 Å². The molecule has 2 aromatic rings. The van der Waals surface area contributed by atoms with Crippen LogP contribution in [0.25, 0.3) is 0 Å². The van der Waals surface area contributed by atoms with E-state index >= 15 is 0 Å². The Morgan fingerprint density at radius 3 is 0.814 bits per heavy atom. The van der Waals surface area contributed by atoms with E-state index in [9.17, 15) is 62.3 Å². The van der Waals surface area contributed by atoms with Gasteiger partial charge in [0.25, 0.3) is 0 Å². The summed E-state index contributed by atoms with van der Waals surface area (Å²) in [5, 5.41) is 0. The molecule has 0 bridgehead atoms. The van der Waals surface area contributed by atoms with E-state index in [1.807, 2.05) is 0 Å². The molecule has 2 rings (SSSR count). The SMILES string of the molecule is C=C.C=C.C=CCOCOn1c(=O)n(CCOC(=O)C=C)c(=O)n(CCOC(=O)CCCCCOC(=O)C=C)c1=O.C=CCOCOn1c(=O)n(CCOC(=O)CCCCCOC(=O)C=C)c(=O)n(CCOC(=O)CCCCCOC(=O)C=C)c1=O. The van der Waals surface area contributed by atoms with Crippen LogP contribution in [-0.2, 0) is 102 Å². The second-order valence-corrected chi connectivity index (χ2v) is 16.3. The number of rotatable bonds is 44. The Labute approximate surface area is 495 Å². The monoisotopic (exact) mass is 1220 g/mol. The number of esters is 7. The van der Waals surface area contributed by atoms with Crippen molar-refractivity contribution in [2.75, 3.05) is 73.0 Å². The van der Waals surface area contributed by atoms with Gasteiger partial charge in [-0.2, -0.15) is 0 Å². The van der Waals surface area contributed by atoms with Crippen LogP contribution < -0.4 is 43.8 Å². The molecule has 478 valence electrons. The van der Waals surface area contributed by atoms with Gasteiger partial charge in [-0.05, 0) is 57.8 Å². The number of unbranched alkanes of at least 4 members (excludes halogenated alkanes) is 6. The molecule has 0 saturated carbocycles. The van der Waals surface area contributed by atoms with E-state index in [1.54, 1.807) is 0 Å². The minimum absolute atomic E-state index is 0.0614. The maximum absolute atomic E-state index is 13.0. The Hall–Kier alpha value is -9.45. The molecule has 0 N–H and O–H groups in total. The zero-order valence-corrected chi connectivity index (χ0v) is 48.6. The topological polar surface area (TPSA) is 353 Å². The summed E-state index contributed by atoms with van der Waals surface area (Å²) in [5.41, 5.74) is -6.50. The van der Waals surface area contributed by atoms with Crippen LogP contribution in [0.3, 0.4) is 0 Å². The van der Waals surface area contributed by atoms with Crippen molar-refractivity contribution < 1.29 is 85.9 Å². The van der Waals surface area contributed by atoms with E-state index in [0.29, 0.717) is 85.5 Å². The third-order valence-corrected chi connectivity index (χ3v) is 10.3. The predicted molar refractivity (Wildman–Crippen MR) is 309 cm³/mol. The maximum atomic E-state index is 13.0. The van der Waals surface area contributed by atoms with Crippen molar-refractivity contribution in [3.63, 3.8) is 0 Å². The third kappa shape index (κ3) is 33.6. The highest BCUT2D eigenvalue weighted by Crippen LogP contribution is 2.05. The van der Waals surface area contributed by atoms with Gasteiger partial charge in [0.2, 0.25) is 13.6 Å². The molecule has 30 heteroatoms. The summed E-state index contributed by atoms with van der Waals surface area (Å²) >= 11 is 0. The van der Waals surface area contributed by atoms with Gasteiger partial charge in [0.05, 0.1) is 59.2 Å². The van der Waals surface area contributed by atoms with Crippen molar-refractivity contribution in [2.24, 2.45) is 0 Å². The molecule has 0 radical (unpaired) electrons. The Morgan fingerprint density at radius 2 is 0.570 bits per heavy atom. The van der Waals surface area contributed by atoms with Gasteiger partial charge in [-0.25, -0.2) is 66.2 Å². The molecule has 0 atom stereocenters. The molecule has 0 amide bonds. The predicted octanol–water partition coefficient (Wildman–Crippen LogP) is 1.35. The molecule has 2 aromatic heterocycles. The van der Waals surface area contributed by atoms with Crippen molar-refractivity contribution in [3.8, 4) is 0 Å². The van der Waals surface area contributed by atoms with Crippen molar-refractivity contribution in [1.82, 2.24) is 27.7 Å². The zero-order valence-electron chi connectivity index (χ0n) is 48.6. The molecular weight excluding hydrogens is 1140 g/mol. The van der Waals surface area contributed by atoms with Crippen LogP contribution in [0.15, 0.2) is 131 Å². The van der Waals surface area contributed by atoms with Crippen molar-refractivity contribution in [3.05, 3.63) is 165 Å². The summed E-state index contributed by atoms with van der Waals surface area (Å²) in [4.78, 5) is 167. The molecule has 0 aliphatic rings. The number of ether oxygens (including phenoxy) is 9. The van der Waals surface area contributed by atoms with Crippen LogP contribution in [0.1, 0.15) is 77.0 Å². The number of carbonyl (C=O) groups is 7. The fourth-order valence-electron chi connectivity index (χ4n) is 6.25. The first-order valence-electron chi connectivity index (χ1n) is 26.6. The second kappa shape index (κ2) is 50.1. The van der Waals surface area contributed by atoms with Gasteiger partial charge in [-0.15, -0.1) is 39.5 Å². The van der Waals surface area contributed by atoms with Gasteiger partial charge in [-0.1, -0.05) is 47.9 Å². The fourth-order valence-corrected chi connectivity index (χ4v) is 6.25. The van der Waals surface area contributed by atoms with Crippen LogP contribution in [0.2, 0.25) is 0 Å². The summed E-state index contributed by atoms with van der Waals surface area (Å²) < 4.78 is 47.9. The number of aromatic nitrogens is 6. The van der Waals surface area contributed by atoms with Crippen molar-refractivity contribution in [2.45, 2.75) is 103 Å². The van der Waals surface area contributed by atoms with Crippen LogP contribution in [-0.4, -0.2) is 143 Å². The standard InChI is InChI=1S/C29H41N3O13.C23H31N3O11.2C2H4/c1-4-17-40-22-45-32-28(38)30(15-20-43-25(35)13-9-7-11-18-41-23(33)5-2)27(37)31(29(32)39)16-21-44-26(36)14-10-8-12-19-42-24(34)6-3;1-4-13-33-17-37-26-22(31)24(11-15-35-19(28)6-3)21(30)25(23(26)32)12-16-36-20(29)10-8-7-9-14-34-18(27)5-2;2*1-2/h4-6H,1-3,7-22H2;4-6H,1-3,7-17H2;2*1-2H2. The second-order valence-electron chi connectivity index (χ2n) is 16.3. The quantitative estimate of drug-likeness (QED) is 0.0226. The first kappa shape index (κ1) is 78.6. The van der Waals surface area contributed by atoms with E-state index in [-0.39, 0.29) is 105 Å². The summed E-state index contributed by atoms with van der Waals surface area (Å²) in [7, 11) is 0. The Morgan fingerprint density at radius 1 is 0.326 bits per heavy atom. The molecule has 86 heavy (non-hydrogen) atoms. The minimum Gasteiger partial charge on any atom is -0.464 e. The van der Waals surface area contributed by atoms with Crippen LogP contribution in [0.4, 0.5) is 0 Å². The van der Waals surface area contributed by atoms with E-state index in [4.69, 9.17) is 52.3 Å². The van der Waals surface area contributed by atoms with E-state index in [0.717, 1.165) is 24.3 Å². The molecule has 0 spiro atoms. The van der Waals surface area contributed by atoms with Crippen LogP contribution in [0, 0.1) is 0 Å². The molecule has 0 aliphatic carbocycles. The van der Waals surface area contributed by atoms with Crippen molar-refractivity contribution in [1.29, 1.82) is 0 Å². The lowest BCUT2D eigenvalue weighted by Crippen LogP contribution is -2.57. The lowest BCUT2D eigenvalue weighted by Gasteiger charge is -2.14. The lowest BCUT2D eigenvalue weighted by atomic mass is 10.2. The van der Waals surface area contributed by atoms with Gasteiger partial charge in [0, 0.05) is 43.6 Å². The number of nitrogens with zero attached hydrogens (tertiary/aromatic N) is 6. The van der Waals surface area contributed by atoms with E-state index < -0.39 is 89.5 Å². The van der Waals surface area contributed by atoms with Gasteiger partial charge >= 0.3 is 75.9 Å². The van der Waals surface area contributed by atoms with Gasteiger partial charge in [0.15, 0.2) is 0 Å². The Kier molecular flexibility index (Phi) is 45.8. The molecule has 0 aromatic carbocycles. The molecule has 0 saturated heterocycles. The number of hydrogen-bond donors (Lipinski definition) is 0. The third-order valence-electron chi connectivity index (χ3n) is 10.3. The number of carbonyl (C=O) groups excluding carboxylic acids is 7. The highest BCUT2D eigenvalue weighted by molar-refractivity contribution is 5.82. The summed E-state index contributed by atoms with van der Waals surface area (Å²) in [6, 6.07) is 0. The maximum Gasteiger partial charge on any atom is 0.370 e.